The Morgan fingerprint density at radius 2 is 2.11 bits per heavy atom. The van der Waals surface area contributed by atoms with Gasteiger partial charge in [-0.15, -0.1) is 11.6 Å². The van der Waals surface area contributed by atoms with Gasteiger partial charge < -0.3 is 9.94 Å². The topological polar surface area (TPSA) is 58.9 Å². The van der Waals surface area contributed by atoms with Crippen LogP contribution >= 0.6 is 11.6 Å². The number of oxime groups is 1. The second kappa shape index (κ2) is 6.59. The van der Waals surface area contributed by atoms with Crippen molar-refractivity contribution in [3.63, 3.8) is 0 Å². The molecule has 0 saturated carbocycles. The maximum Gasteiger partial charge on any atom is 0.350 e. The molecule has 1 rings (SSSR count). The molecule has 0 aromatic rings. The summed E-state index contributed by atoms with van der Waals surface area (Å²) in [6.45, 7) is 6.05. The third-order valence-electron chi connectivity index (χ3n) is 3.15. The fourth-order valence-electron chi connectivity index (χ4n) is 1.94. The Kier molecular flexibility index (Phi) is 5.41. The van der Waals surface area contributed by atoms with Gasteiger partial charge in [0.1, 0.15) is 6.10 Å². The van der Waals surface area contributed by atoms with Crippen LogP contribution in [0, 0.1) is 0 Å². The van der Waals surface area contributed by atoms with Crippen LogP contribution < -0.4 is 0 Å². The van der Waals surface area contributed by atoms with E-state index in [1.807, 2.05) is 6.92 Å². The highest BCUT2D eigenvalue weighted by Crippen LogP contribution is 2.32. The van der Waals surface area contributed by atoms with Crippen LogP contribution in [0.4, 0.5) is 0 Å². The number of alkyl halides is 1. The van der Waals surface area contributed by atoms with Gasteiger partial charge in [-0.1, -0.05) is 16.3 Å². The van der Waals surface area contributed by atoms with Gasteiger partial charge in [0.15, 0.2) is 6.21 Å². The lowest BCUT2D eigenvalue weighted by molar-refractivity contribution is -0.129. The average molecular weight is 272 g/mol. The van der Waals surface area contributed by atoms with Gasteiger partial charge in [-0.25, -0.2) is 4.79 Å². The molecule has 0 fully saturated rings. The van der Waals surface area contributed by atoms with Crippen LogP contribution in [-0.2, 0) is 9.63 Å². The van der Waals surface area contributed by atoms with Crippen molar-refractivity contribution in [3.8, 4) is 0 Å². The maximum atomic E-state index is 10.3. The van der Waals surface area contributed by atoms with Gasteiger partial charge in [0, 0.05) is 5.88 Å². The number of halogens is 1. The van der Waals surface area contributed by atoms with E-state index in [1.54, 1.807) is 0 Å². The molecule has 0 amide bonds. The van der Waals surface area contributed by atoms with Gasteiger partial charge in [-0.3, -0.25) is 0 Å². The summed E-state index contributed by atoms with van der Waals surface area (Å²) in [6, 6.07) is 0. The Morgan fingerprint density at radius 1 is 1.50 bits per heavy atom. The fraction of sp³-hybridized carbons (Fsp3) is 0.538. The summed E-state index contributed by atoms with van der Waals surface area (Å²) in [5.74, 6) is -0.652. The quantitative estimate of drug-likeness (QED) is 0.362. The zero-order valence-corrected chi connectivity index (χ0v) is 11.6. The van der Waals surface area contributed by atoms with Gasteiger partial charge >= 0.3 is 5.97 Å². The molecule has 0 heterocycles. The number of aliphatic carboxylic acids is 1. The molecule has 1 unspecified atom stereocenters. The molecule has 4 nitrogen and oxygen atoms in total. The highest BCUT2D eigenvalue weighted by atomic mass is 35.5. The summed E-state index contributed by atoms with van der Waals surface area (Å²) in [4.78, 5) is 15.5. The first-order chi connectivity index (χ1) is 8.45. The monoisotopic (exact) mass is 271 g/mol. The Balaban J connectivity index is 2.76. The van der Waals surface area contributed by atoms with E-state index in [2.05, 4.69) is 19.0 Å². The van der Waals surface area contributed by atoms with Crippen LogP contribution in [0.5, 0.6) is 0 Å². The second-order valence-corrected chi connectivity index (χ2v) is 4.76. The molecule has 0 radical (unpaired) electrons. The van der Waals surface area contributed by atoms with Crippen LogP contribution in [0.25, 0.3) is 0 Å². The SMILES string of the molecule is CC1=C(C)CC(C(C)O/N=C\C(=O)O)=C(CCl)C1. The highest BCUT2D eigenvalue weighted by Gasteiger charge is 2.21. The molecule has 0 aromatic carbocycles. The molecular weight excluding hydrogens is 254 g/mol. The Hall–Kier alpha value is -1.29. The molecule has 0 aromatic heterocycles. The van der Waals surface area contributed by atoms with Crippen molar-refractivity contribution in [3.05, 3.63) is 22.3 Å². The fourth-order valence-corrected chi connectivity index (χ4v) is 2.21. The Labute approximate surface area is 112 Å². The number of rotatable bonds is 5. The van der Waals surface area contributed by atoms with Crippen LogP contribution in [0.1, 0.15) is 33.6 Å². The van der Waals surface area contributed by atoms with E-state index in [1.165, 1.54) is 11.1 Å². The van der Waals surface area contributed by atoms with E-state index < -0.39 is 5.97 Å². The summed E-state index contributed by atoms with van der Waals surface area (Å²) in [5, 5.41) is 11.9. The summed E-state index contributed by atoms with van der Waals surface area (Å²) in [7, 11) is 0. The van der Waals surface area contributed by atoms with E-state index in [0.29, 0.717) is 5.88 Å². The molecule has 0 spiro atoms. The first-order valence-corrected chi connectivity index (χ1v) is 6.33. The minimum absolute atomic E-state index is 0.252. The van der Waals surface area contributed by atoms with Gasteiger partial charge in [-0.2, -0.15) is 0 Å². The van der Waals surface area contributed by atoms with Gasteiger partial charge in [0.05, 0.1) is 0 Å². The molecule has 18 heavy (non-hydrogen) atoms. The van der Waals surface area contributed by atoms with Gasteiger partial charge in [-0.05, 0) is 44.8 Å². The predicted octanol–water partition coefficient (Wildman–Crippen LogP) is 3.13. The van der Waals surface area contributed by atoms with Crippen LogP contribution in [0.15, 0.2) is 27.4 Å². The van der Waals surface area contributed by atoms with Crippen molar-refractivity contribution in [1.29, 1.82) is 0 Å². The van der Waals surface area contributed by atoms with E-state index in [0.717, 1.165) is 30.2 Å². The third kappa shape index (κ3) is 3.88. The van der Waals surface area contributed by atoms with Crippen molar-refractivity contribution < 1.29 is 14.7 Å². The van der Waals surface area contributed by atoms with Crippen molar-refractivity contribution in [2.75, 3.05) is 5.88 Å². The molecule has 0 bridgehead atoms. The smallest absolute Gasteiger partial charge is 0.350 e. The van der Waals surface area contributed by atoms with E-state index in [-0.39, 0.29) is 6.10 Å². The number of hydrogen-bond donors (Lipinski definition) is 1. The first kappa shape index (κ1) is 14.8. The van der Waals surface area contributed by atoms with Crippen LogP contribution in [0.3, 0.4) is 0 Å². The van der Waals surface area contributed by atoms with Crippen molar-refractivity contribution in [2.24, 2.45) is 5.16 Å². The zero-order valence-electron chi connectivity index (χ0n) is 10.9. The maximum absolute atomic E-state index is 10.3. The summed E-state index contributed by atoms with van der Waals surface area (Å²) in [5.41, 5.74) is 4.92. The molecule has 5 heteroatoms. The normalized spacial score (nSPS) is 18.4. The Morgan fingerprint density at radius 3 is 2.67 bits per heavy atom. The molecule has 1 atom stereocenters. The summed E-state index contributed by atoms with van der Waals surface area (Å²) in [6.07, 6.45) is 2.17. The lowest BCUT2D eigenvalue weighted by atomic mass is 9.86. The number of carboxylic acids is 1. The molecule has 1 aliphatic rings. The van der Waals surface area contributed by atoms with Crippen LogP contribution in [-0.4, -0.2) is 29.3 Å². The Bertz CT molecular complexity index is 424. The highest BCUT2D eigenvalue weighted by molar-refractivity contribution is 6.21. The van der Waals surface area contributed by atoms with E-state index in [9.17, 15) is 4.79 Å². The number of nitrogens with zero attached hydrogens (tertiary/aromatic N) is 1. The molecule has 1 aliphatic carbocycles. The van der Waals surface area contributed by atoms with Crippen molar-refractivity contribution in [1.82, 2.24) is 0 Å². The zero-order chi connectivity index (χ0) is 13.7. The second-order valence-electron chi connectivity index (χ2n) is 4.50. The van der Waals surface area contributed by atoms with Crippen molar-refractivity contribution >= 4 is 23.8 Å². The number of hydrogen-bond acceptors (Lipinski definition) is 3. The summed E-state index contributed by atoms with van der Waals surface area (Å²) < 4.78 is 0. The van der Waals surface area contributed by atoms with Gasteiger partial charge in [0.2, 0.25) is 0 Å². The number of allylic oxidation sites excluding steroid dienone is 3. The lowest BCUT2D eigenvalue weighted by Crippen LogP contribution is -2.16. The van der Waals surface area contributed by atoms with Crippen LogP contribution in [0.2, 0.25) is 0 Å². The number of carbonyl (C=O) groups is 1. The third-order valence-corrected chi connectivity index (χ3v) is 3.47. The number of carboxylic acid groups (broad SMARTS) is 1. The molecule has 1 N–H and O–H groups in total. The summed E-state index contributed by atoms with van der Waals surface area (Å²) >= 11 is 5.95. The largest absolute Gasteiger partial charge is 0.477 e. The molecule has 0 aliphatic heterocycles. The minimum Gasteiger partial charge on any atom is -0.477 e. The average Bonchev–Trinajstić information content (AvgIpc) is 2.31. The standard InChI is InChI=1S/C13H18ClNO3/c1-8-4-11(6-14)12(5-9(8)2)10(3)18-15-7-13(16)17/h7,10H,4-6H2,1-3H3,(H,16,17)/b15-7-. The lowest BCUT2D eigenvalue weighted by Gasteiger charge is -2.24. The molecular formula is C13H18ClNO3. The molecule has 100 valence electrons. The predicted molar refractivity (Wildman–Crippen MR) is 72.0 cm³/mol. The molecule has 0 saturated heterocycles. The minimum atomic E-state index is -1.12. The van der Waals surface area contributed by atoms with E-state index in [4.69, 9.17) is 21.5 Å². The van der Waals surface area contributed by atoms with Gasteiger partial charge in [0.25, 0.3) is 0 Å². The van der Waals surface area contributed by atoms with Crippen molar-refractivity contribution in [2.45, 2.75) is 39.7 Å². The van der Waals surface area contributed by atoms with E-state index >= 15 is 0 Å². The first-order valence-electron chi connectivity index (χ1n) is 5.79.